The molecule has 0 fully saturated rings. The second-order valence-corrected chi connectivity index (χ2v) is 4.43. The zero-order valence-electron chi connectivity index (χ0n) is 10.2. The maximum absolute atomic E-state index is 12.0. The highest BCUT2D eigenvalue weighted by Crippen LogP contribution is 2.34. The summed E-state index contributed by atoms with van der Waals surface area (Å²) in [6.45, 7) is 0.904. The maximum Gasteiger partial charge on any atom is 0.389 e. The summed E-state index contributed by atoms with van der Waals surface area (Å²) < 4.78 is 46.7. The van der Waals surface area contributed by atoms with Crippen molar-refractivity contribution in [1.29, 1.82) is 0 Å². The molecule has 0 aromatic heterocycles. The molecule has 0 bridgehead atoms. The van der Waals surface area contributed by atoms with Gasteiger partial charge in [-0.25, -0.2) is 0 Å². The third kappa shape index (κ3) is 4.02. The van der Waals surface area contributed by atoms with Gasteiger partial charge in [0.25, 0.3) is 0 Å². The number of halogens is 3. The molecular formula is C13H15F3O3. The van der Waals surface area contributed by atoms with Crippen LogP contribution in [0.1, 0.15) is 30.9 Å². The predicted octanol–water partition coefficient (Wildman–Crippen LogP) is 3.22. The molecule has 1 aliphatic rings. The zero-order valence-corrected chi connectivity index (χ0v) is 10.2. The van der Waals surface area contributed by atoms with Gasteiger partial charge in [-0.2, -0.15) is 13.2 Å². The molecule has 2 rings (SSSR count). The first-order chi connectivity index (χ1) is 8.96. The number of benzene rings is 1. The van der Waals surface area contributed by atoms with E-state index in [1.807, 2.05) is 0 Å². The van der Waals surface area contributed by atoms with Crippen molar-refractivity contribution < 1.29 is 27.8 Å². The van der Waals surface area contributed by atoms with Gasteiger partial charge in [-0.1, -0.05) is 6.07 Å². The van der Waals surface area contributed by atoms with Crippen LogP contribution in [-0.2, 0) is 0 Å². The molecule has 1 atom stereocenters. The van der Waals surface area contributed by atoms with E-state index < -0.39 is 18.7 Å². The van der Waals surface area contributed by atoms with E-state index in [0.29, 0.717) is 30.3 Å². The molecule has 19 heavy (non-hydrogen) atoms. The minimum absolute atomic E-state index is 0.0686. The Bertz CT molecular complexity index is 432. The van der Waals surface area contributed by atoms with Crippen LogP contribution in [0.15, 0.2) is 18.2 Å². The first-order valence-electron chi connectivity index (χ1n) is 6.10. The Balaban J connectivity index is 1.94. The fourth-order valence-corrected chi connectivity index (χ4v) is 1.93. The molecule has 0 aliphatic carbocycles. The van der Waals surface area contributed by atoms with Gasteiger partial charge >= 0.3 is 6.18 Å². The van der Waals surface area contributed by atoms with Gasteiger partial charge < -0.3 is 14.6 Å². The number of aliphatic hydroxyl groups is 1. The second kappa shape index (κ2) is 5.69. The van der Waals surface area contributed by atoms with E-state index in [4.69, 9.17) is 9.47 Å². The first kappa shape index (κ1) is 14.0. The molecule has 1 unspecified atom stereocenters. The highest BCUT2D eigenvalue weighted by molar-refractivity contribution is 5.44. The van der Waals surface area contributed by atoms with Gasteiger partial charge in [0.05, 0.1) is 6.10 Å². The summed E-state index contributed by atoms with van der Waals surface area (Å²) in [5.41, 5.74) is 0.548. The number of hydrogen-bond donors (Lipinski definition) is 1. The summed E-state index contributed by atoms with van der Waals surface area (Å²) in [5.74, 6) is 1.12. The van der Waals surface area contributed by atoms with Gasteiger partial charge in [-0.3, -0.25) is 0 Å². The van der Waals surface area contributed by atoms with Crippen molar-refractivity contribution in [3.8, 4) is 11.5 Å². The molecule has 0 spiro atoms. The van der Waals surface area contributed by atoms with Gasteiger partial charge in [-0.05, 0) is 30.5 Å². The quantitative estimate of drug-likeness (QED) is 0.917. The Morgan fingerprint density at radius 3 is 2.53 bits per heavy atom. The minimum atomic E-state index is -4.17. The number of alkyl halides is 3. The highest BCUT2D eigenvalue weighted by atomic mass is 19.4. The van der Waals surface area contributed by atoms with E-state index in [0.717, 1.165) is 0 Å². The summed E-state index contributed by atoms with van der Waals surface area (Å²) in [7, 11) is 0. The van der Waals surface area contributed by atoms with Crippen molar-refractivity contribution in [3.05, 3.63) is 23.8 Å². The van der Waals surface area contributed by atoms with E-state index in [2.05, 4.69) is 0 Å². The fourth-order valence-electron chi connectivity index (χ4n) is 1.93. The van der Waals surface area contributed by atoms with Crippen molar-refractivity contribution in [2.75, 3.05) is 13.2 Å². The Hall–Kier alpha value is -1.43. The number of ether oxygens (including phenoxy) is 2. The lowest BCUT2D eigenvalue weighted by atomic mass is 10.0. The van der Waals surface area contributed by atoms with E-state index >= 15 is 0 Å². The summed E-state index contributed by atoms with van der Waals surface area (Å²) in [6, 6.07) is 4.93. The normalized spacial score (nSPS) is 16.2. The van der Waals surface area contributed by atoms with Crippen molar-refractivity contribution >= 4 is 0 Å². The van der Waals surface area contributed by atoms with Crippen LogP contribution < -0.4 is 9.47 Å². The predicted molar refractivity (Wildman–Crippen MR) is 62.3 cm³/mol. The third-order valence-corrected chi connectivity index (χ3v) is 2.89. The Morgan fingerprint density at radius 1 is 1.16 bits per heavy atom. The molecule has 1 aromatic rings. The summed E-state index contributed by atoms with van der Waals surface area (Å²) in [6.07, 6.45) is -6.00. The molecule has 0 saturated heterocycles. The summed E-state index contributed by atoms with van der Waals surface area (Å²) >= 11 is 0. The van der Waals surface area contributed by atoms with Crippen molar-refractivity contribution in [3.63, 3.8) is 0 Å². The molecule has 106 valence electrons. The summed E-state index contributed by atoms with van der Waals surface area (Å²) in [5, 5.41) is 9.86. The fraction of sp³-hybridized carbons (Fsp3) is 0.538. The number of hydrogen-bond acceptors (Lipinski definition) is 3. The molecule has 1 aromatic carbocycles. The van der Waals surface area contributed by atoms with E-state index in [1.165, 1.54) is 0 Å². The molecule has 6 heteroatoms. The van der Waals surface area contributed by atoms with Gasteiger partial charge in [0.2, 0.25) is 0 Å². The molecular weight excluding hydrogens is 261 g/mol. The Labute approximate surface area is 108 Å². The first-order valence-corrected chi connectivity index (χ1v) is 6.10. The molecule has 0 radical (unpaired) electrons. The van der Waals surface area contributed by atoms with Crippen LogP contribution in [0.2, 0.25) is 0 Å². The number of rotatable bonds is 4. The number of aliphatic hydroxyl groups excluding tert-OH is 1. The van der Waals surface area contributed by atoms with Crippen molar-refractivity contribution in [1.82, 2.24) is 0 Å². The minimum Gasteiger partial charge on any atom is -0.486 e. The van der Waals surface area contributed by atoms with Crippen LogP contribution in [0.25, 0.3) is 0 Å². The van der Waals surface area contributed by atoms with Crippen LogP contribution in [-0.4, -0.2) is 24.5 Å². The van der Waals surface area contributed by atoms with Crippen LogP contribution >= 0.6 is 0 Å². The van der Waals surface area contributed by atoms with Crippen molar-refractivity contribution in [2.24, 2.45) is 0 Å². The zero-order chi connectivity index (χ0) is 13.9. The van der Waals surface area contributed by atoms with Crippen LogP contribution in [0, 0.1) is 0 Å². The SMILES string of the molecule is OC(CCCC(F)(F)F)c1ccc2c(c1)OCCO2. The second-order valence-electron chi connectivity index (χ2n) is 4.43. The van der Waals surface area contributed by atoms with E-state index in [1.54, 1.807) is 18.2 Å². The molecule has 1 aliphatic heterocycles. The van der Waals surface area contributed by atoms with Gasteiger partial charge in [0.1, 0.15) is 13.2 Å². The summed E-state index contributed by atoms with van der Waals surface area (Å²) in [4.78, 5) is 0. The lowest BCUT2D eigenvalue weighted by Crippen LogP contribution is -2.15. The smallest absolute Gasteiger partial charge is 0.389 e. The Kier molecular flexibility index (Phi) is 4.19. The largest absolute Gasteiger partial charge is 0.486 e. The standard InChI is InChI=1S/C13H15F3O3/c14-13(15,16)5-1-2-10(17)9-3-4-11-12(8-9)19-7-6-18-11/h3-4,8,10,17H,1-2,5-7H2. The monoisotopic (exact) mass is 276 g/mol. The topological polar surface area (TPSA) is 38.7 Å². The van der Waals surface area contributed by atoms with Gasteiger partial charge in [-0.15, -0.1) is 0 Å². The van der Waals surface area contributed by atoms with Crippen LogP contribution in [0.4, 0.5) is 13.2 Å². The molecule has 3 nitrogen and oxygen atoms in total. The number of fused-ring (bicyclic) bond motifs is 1. The molecule has 0 saturated carbocycles. The highest BCUT2D eigenvalue weighted by Gasteiger charge is 2.26. The molecule has 0 amide bonds. The molecule has 1 N–H and O–H groups in total. The van der Waals surface area contributed by atoms with Gasteiger partial charge in [0, 0.05) is 6.42 Å². The lowest BCUT2D eigenvalue weighted by molar-refractivity contribution is -0.136. The maximum atomic E-state index is 12.0. The third-order valence-electron chi connectivity index (χ3n) is 2.89. The lowest BCUT2D eigenvalue weighted by Gasteiger charge is -2.20. The van der Waals surface area contributed by atoms with Crippen LogP contribution in [0.5, 0.6) is 11.5 Å². The van der Waals surface area contributed by atoms with E-state index in [9.17, 15) is 18.3 Å². The average Bonchev–Trinajstić information content (AvgIpc) is 2.36. The van der Waals surface area contributed by atoms with Crippen LogP contribution in [0.3, 0.4) is 0 Å². The van der Waals surface area contributed by atoms with E-state index in [-0.39, 0.29) is 12.8 Å². The average molecular weight is 276 g/mol. The molecule has 1 heterocycles. The van der Waals surface area contributed by atoms with Crippen molar-refractivity contribution in [2.45, 2.75) is 31.5 Å². The Morgan fingerprint density at radius 2 is 1.84 bits per heavy atom. The van der Waals surface area contributed by atoms with Gasteiger partial charge in [0.15, 0.2) is 11.5 Å².